The first kappa shape index (κ1) is 62.0. The van der Waals surface area contributed by atoms with E-state index in [1.807, 2.05) is 103 Å². The first-order valence-corrected chi connectivity index (χ1v) is 29.2. The second kappa shape index (κ2) is 30.5. The molecule has 6 aromatic rings. The van der Waals surface area contributed by atoms with Crippen molar-refractivity contribution in [3.63, 3.8) is 0 Å². The van der Waals surface area contributed by atoms with Crippen LogP contribution in [0.3, 0.4) is 0 Å². The molecule has 0 spiro atoms. The number of benzene rings is 6. The molecule has 0 aliphatic heterocycles. The van der Waals surface area contributed by atoms with Crippen molar-refractivity contribution in [1.29, 1.82) is 0 Å². The standard InChI is InChI=1S/C67H77N7O11/c1-67(2,3)85-66(82)73-55(36-20-22-38-69-65(81)84-43-53-51-33-17-15-31-49(51)50-32-16-18-34-52(50)53)60(76)71-57(40-45-25-9-5-10-26-45)63(79)72-56(39-44-23-7-4-8-24-44)62(78)70-54(61(77)74-59-48-30-14-13-29-47(48)41-58(59)75)35-19-21-37-68-64(80)83-42-46-27-11-6-12-28-46/h4-18,23-34,53-59,75H,19-22,35-43H2,1-3H3,(H,68,80)(H,69,81)(H,70,78)(H,71,76)(H,72,79)(H,73,82)(H,74,77)/t54-,55-,56-,57-,58+,59-/m0/s1. The topological polar surface area (TPSA) is 252 Å². The fourth-order valence-electron chi connectivity index (χ4n) is 10.7. The maximum absolute atomic E-state index is 14.8. The molecule has 2 aliphatic rings. The largest absolute Gasteiger partial charge is 0.449 e. The Bertz CT molecular complexity index is 3170. The van der Waals surface area contributed by atoms with Crippen LogP contribution < -0.4 is 37.2 Å². The molecule has 0 saturated heterocycles. The summed E-state index contributed by atoms with van der Waals surface area (Å²) < 4.78 is 16.6. The Labute approximate surface area is 496 Å². The number of hydrogen-bond donors (Lipinski definition) is 8. The van der Waals surface area contributed by atoms with Gasteiger partial charge < -0.3 is 56.5 Å². The van der Waals surface area contributed by atoms with E-state index in [0.717, 1.165) is 38.9 Å². The third kappa shape index (κ3) is 18.5. The van der Waals surface area contributed by atoms with Crippen LogP contribution in [0.25, 0.3) is 11.1 Å². The Morgan fingerprint density at radius 1 is 0.482 bits per heavy atom. The first-order valence-electron chi connectivity index (χ1n) is 29.2. The van der Waals surface area contributed by atoms with E-state index in [4.69, 9.17) is 14.2 Å². The number of alkyl carbamates (subject to hydrolysis) is 3. The molecule has 0 unspecified atom stereocenters. The molecular formula is C67H77N7O11. The molecule has 85 heavy (non-hydrogen) atoms. The molecule has 6 atom stereocenters. The molecular weight excluding hydrogens is 1080 g/mol. The molecule has 8 rings (SSSR count). The van der Waals surface area contributed by atoms with Gasteiger partial charge in [-0.25, -0.2) is 14.4 Å². The number of rotatable bonds is 27. The highest BCUT2D eigenvalue weighted by atomic mass is 16.6. The van der Waals surface area contributed by atoms with Crippen LogP contribution in [0.1, 0.15) is 110 Å². The molecule has 2 aliphatic carbocycles. The summed E-state index contributed by atoms with van der Waals surface area (Å²) in [5.74, 6) is -2.76. The molecule has 0 saturated carbocycles. The van der Waals surface area contributed by atoms with Gasteiger partial charge in [-0.05, 0) is 109 Å². The summed E-state index contributed by atoms with van der Waals surface area (Å²) in [7, 11) is 0. The molecule has 6 aromatic carbocycles. The van der Waals surface area contributed by atoms with Gasteiger partial charge in [-0.15, -0.1) is 0 Å². The number of aliphatic hydroxyl groups is 1. The zero-order chi connectivity index (χ0) is 60.1. The van der Waals surface area contributed by atoms with Crippen molar-refractivity contribution in [1.82, 2.24) is 37.2 Å². The average Bonchev–Trinajstić information content (AvgIpc) is 3.91. The highest BCUT2D eigenvalue weighted by Gasteiger charge is 2.36. The summed E-state index contributed by atoms with van der Waals surface area (Å²) in [5.41, 5.74) is 7.38. The third-order valence-electron chi connectivity index (χ3n) is 14.9. The van der Waals surface area contributed by atoms with E-state index in [0.29, 0.717) is 43.2 Å². The van der Waals surface area contributed by atoms with Gasteiger partial charge in [0.15, 0.2) is 0 Å². The maximum Gasteiger partial charge on any atom is 0.408 e. The molecule has 0 bridgehead atoms. The van der Waals surface area contributed by atoms with Gasteiger partial charge in [0.25, 0.3) is 0 Å². The highest BCUT2D eigenvalue weighted by Crippen LogP contribution is 2.44. The lowest BCUT2D eigenvalue weighted by Crippen LogP contribution is -2.59. The van der Waals surface area contributed by atoms with Gasteiger partial charge in [-0.1, -0.05) is 164 Å². The fraction of sp³-hybridized carbons (Fsp3) is 0.358. The van der Waals surface area contributed by atoms with Crippen LogP contribution in [0.4, 0.5) is 14.4 Å². The van der Waals surface area contributed by atoms with E-state index >= 15 is 0 Å². The number of amides is 7. The minimum absolute atomic E-state index is 0.00458. The lowest BCUT2D eigenvalue weighted by atomic mass is 9.98. The van der Waals surface area contributed by atoms with Crippen LogP contribution in [0.2, 0.25) is 0 Å². The van der Waals surface area contributed by atoms with Crippen molar-refractivity contribution in [2.45, 2.75) is 133 Å². The maximum atomic E-state index is 14.8. The predicted molar refractivity (Wildman–Crippen MR) is 322 cm³/mol. The molecule has 446 valence electrons. The Morgan fingerprint density at radius 2 is 0.918 bits per heavy atom. The Balaban J connectivity index is 0.936. The second-order valence-corrected chi connectivity index (χ2v) is 22.5. The van der Waals surface area contributed by atoms with Crippen molar-refractivity contribution in [2.24, 2.45) is 0 Å². The summed E-state index contributed by atoms with van der Waals surface area (Å²) in [6.07, 6.45) is -0.873. The van der Waals surface area contributed by atoms with E-state index < -0.39 is 83.8 Å². The number of carbonyl (C=O) groups is 7. The van der Waals surface area contributed by atoms with Gasteiger partial charge in [-0.3, -0.25) is 19.2 Å². The number of carbonyl (C=O) groups excluding carboxylic acids is 7. The average molecular weight is 1160 g/mol. The van der Waals surface area contributed by atoms with E-state index in [9.17, 15) is 38.7 Å². The van der Waals surface area contributed by atoms with E-state index in [2.05, 4.69) is 49.4 Å². The summed E-state index contributed by atoms with van der Waals surface area (Å²) in [6.45, 7) is 5.76. The van der Waals surface area contributed by atoms with Gasteiger partial charge in [0.05, 0.1) is 12.1 Å². The second-order valence-electron chi connectivity index (χ2n) is 22.5. The van der Waals surface area contributed by atoms with Crippen LogP contribution in [-0.4, -0.2) is 103 Å². The Kier molecular flexibility index (Phi) is 22.3. The normalized spacial score (nSPS) is 15.4. The molecule has 18 nitrogen and oxygen atoms in total. The van der Waals surface area contributed by atoms with Gasteiger partial charge in [0, 0.05) is 38.3 Å². The van der Waals surface area contributed by atoms with Crippen LogP contribution >= 0.6 is 0 Å². The predicted octanol–water partition coefficient (Wildman–Crippen LogP) is 8.40. The Hall–Kier alpha value is -9.03. The van der Waals surface area contributed by atoms with E-state index in [-0.39, 0.29) is 57.9 Å². The van der Waals surface area contributed by atoms with Crippen LogP contribution in [0.15, 0.2) is 164 Å². The monoisotopic (exact) mass is 1160 g/mol. The first-order chi connectivity index (χ1) is 41.1. The lowest BCUT2D eigenvalue weighted by Gasteiger charge is -2.28. The Morgan fingerprint density at radius 3 is 1.45 bits per heavy atom. The highest BCUT2D eigenvalue weighted by molar-refractivity contribution is 5.95. The zero-order valence-corrected chi connectivity index (χ0v) is 48.4. The number of hydrogen-bond acceptors (Lipinski definition) is 11. The third-order valence-corrected chi connectivity index (χ3v) is 14.9. The number of unbranched alkanes of at least 4 members (excludes halogenated alkanes) is 2. The molecule has 0 aromatic heterocycles. The molecule has 8 N–H and O–H groups in total. The van der Waals surface area contributed by atoms with Crippen molar-refractivity contribution < 1.29 is 52.9 Å². The summed E-state index contributed by atoms with van der Waals surface area (Å²) >= 11 is 0. The smallest absolute Gasteiger partial charge is 0.408 e. The molecule has 7 amide bonds. The van der Waals surface area contributed by atoms with Crippen molar-refractivity contribution in [2.75, 3.05) is 19.7 Å². The van der Waals surface area contributed by atoms with Crippen molar-refractivity contribution in [3.8, 4) is 11.1 Å². The van der Waals surface area contributed by atoms with E-state index in [1.54, 1.807) is 69.3 Å². The molecule has 0 heterocycles. The number of nitrogens with one attached hydrogen (secondary N) is 7. The van der Waals surface area contributed by atoms with Crippen molar-refractivity contribution >= 4 is 41.9 Å². The van der Waals surface area contributed by atoms with Gasteiger partial charge >= 0.3 is 18.3 Å². The van der Waals surface area contributed by atoms with Gasteiger partial charge in [-0.2, -0.15) is 0 Å². The minimum atomic E-state index is -1.28. The lowest BCUT2D eigenvalue weighted by molar-refractivity contribution is -0.134. The van der Waals surface area contributed by atoms with Crippen molar-refractivity contribution in [3.05, 3.63) is 203 Å². The quantitative estimate of drug-likeness (QED) is 0.0180. The van der Waals surface area contributed by atoms with Gasteiger partial charge in [0.2, 0.25) is 23.6 Å². The summed E-state index contributed by atoms with van der Waals surface area (Å²) in [4.78, 5) is 97.4. The number of aliphatic hydroxyl groups excluding tert-OH is 1. The van der Waals surface area contributed by atoms with Crippen LogP contribution in [0.5, 0.6) is 0 Å². The summed E-state index contributed by atoms with van der Waals surface area (Å²) in [5, 5.41) is 31.0. The summed E-state index contributed by atoms with van der Waals surface area (Å²) in [6, 6.07) is 45.2. The molecule has 0 radical (unpaired) electrons. The van der Waals surface area contributed by atoms with Crippen LogP contribution in [-0.2, 0) is 59.3 Å². The van der Waals surface area contributed by atoms with Gasteiger partial charge in [0.1, 0.15) is 43.0 Å². The molecule has 18 heteroatoms. The fourth-order valence-corrected chi connectivity index (χ4v) is 10.7. The molecule has 0 fully saturated rings. The minimum Gasteiger partial charge on any atom is -0.449 e. The number of fused-ring (bicyclic) bond motifs is 4. The van der Waals surface area contributed by atoms with E-state index in [1.165, 1.54) is 0 Å². The SMILES string of the molecule is CC(C)(C)OC(=O)N[C@@H](CCCCNC(=O)OCC1c2ccccc2-c2ccccc21)C(=O)N[C@@H](Cc1ccccc1)C(=O)N[C@@H](Cc1ccccc1)C(=O)N[C@@H](CCCCNC(=O)OCc1ccccc1)C(=O)N[C@H]1c2ccccc2C[C@H]1O. The number of ether oxygens (including phenoxy) is 3. The van der Waals surface area contributed by atoms with Crippen LogP contribution in [0, 0.1) is 0 Å². The zero-order valence-electron chi connectivity index (χ0n) is 48.4.